The minimum absolute atomic E-state index is 0.662. The maximum atomic E-state index is 8.18. The Balaban J connectivity index is 1.21. The van der Waals surface area contributed by atoms with Gasteiger partial charge >= 0.3 is 0 Å². The average molecular weight is 693 g/mol. The Morgan fingerprint density at radius 3 is 1.79 bits per heavy atom. The van der Waals surface area contributed by atoms with Gasteiger partial charge in [-0.15, -0.1) is 11.3 Å². The second-order valence-corrected chi connectivity index (χ2v) is 14.5. The van der Waals surface area contributed by atoms with E-state index >= 15 is 0 Å². The van der Waals surface area contributed by atoms with Crippen molar-refractivity contribution in [3.63, 3.8) is 0 Å². The maximum absolute atomic E-state index is 8.18. The van der Waals surface area contributed by atoms with Gasteiger partial charge in [-0.3, -0.25) is 0 Å². The molecule has 0 N–H and O–H groups in total. The fourth-order valence-corrected chi connectivity index (χ4v) is 9.51. The van der Waals surface area contributed by atoms with Crippen LogP contribution in [0.2, 0.25) is 0 Å². The highest BCUT2D eigenvalue weighted by Gasteiger charge is 2.22. The fourth-order valence-electron chi connectivity index (χ4n) is 8.22. The third-order valence-electron chi connectivity index (χ3n) is 10.6. The van der Waals surface area contributed by atoms with Crippen molar-refractivity contribution in [3.05, 3.63) is 181 Å². The number of nitrogens with zero attached hydrogens (tertiary/aromatic N) is 2. The lowest BCUT2D eigenvalue weighted by Crippen LogP contribution is -1.94. The molecule has 246 valence electrons. The van der Waals surface area contributed by atoms with Crippen LogP contribution in [0.5, 0.6) is 0 Å². The largest absolute Gasteiger partial charge is 0.455 e. The van der Waals surface area contributed by atoms with Crippen molar-refractivity contribution < 1.29 is 4.42 Å². The Bertz CT molecular complexity index is 3190. The number of fused-ring (bicyclic) bond motifs is 9. The van der Waals surface area contributed by atoms with Crippen LogP contribution in [0.3, 0.4) is 0 Å². The van der Waals surface area contributed by atoms with E-state index in [-0.39, 0.29) is 0 Å². The first-order valence-electron chi connectivity index (χ1n) is 17.7. The van der Waals surface area contributed by atoms with E-state index < -0.39 is 0 Å². The van der Waals surface area contributed by atoms with Gasteiger partial charge in [-0.2, -0.15) is 0 Å². The summed E-state index contributed by atoms with van der Waals surface area (Å²) in [7, 11) is 0. The summed E-state index contributed by atoms with van der Waals surface area (Å²) in [6, 6.07) is 60.2. The lowest BCUT2D eigenvalue weighted by molar-refractivity contribution is 0.670. The molecule has 0 unspecified atom stereocenters. The van der Waals surface area contributed by atoms with E-state index in [1.165, 1.54) is 33.0 Å². The van der Waals surface area contributed by atoms with Crippen molar-refractivity contribution in [2.24, 2.45) is 0 Å². The van der Waals surface area contributed by atoms with E-state index in [0.717, 1.165) is 70.0 Å². The van der Waals surface area contributed by atoms with Crippen LogP contribution in [0.25, 0.3) is 108 Å². The van der Waals surface area contributed by atoms with Crippen LogP contribution >= 0.6 is 11.3 Å². The van der Waals surface area contributed by atoms with E-state index in [1.54, 1.807) is 11.3 Å². The predicted octanol–water partition coefficient (Wildman–Crippen LogP) is 14.6. The molecule has 0 amide bonds. The van der Waals surface area contributed by atoms with Crippen molar-refractivity contribution in [1.29, 1.82) is 0 Å². The average Bonchev–Trinajstić information content (AvgIpc) is 3.91. The molecule has 53 heavy (non-hydrogen) atoms. The van der Waals surface area contributed by atoms with Crippen LogP contribution in [0.1, 0.15) is 0 Å². The summed E-state index contributed by atoms with van der Waals surface area (Å²) >= 11 is 1.71. The van der Waals surface area contributed by atoms with Gasteiger partial charge < -0.3 is 8.98 Å². The molecule has 4 heteroatoms. The Morgan fingerprint density at radius 1 is 0.472 bits per heavy atom. The van der Waals surface area contributed by atoms with E-state index in [2.05, 4.69) is 161 Å². The zero-order chi connectivity index (χ0) is 35.0. The Morgan fingerprint density at radius 2 is 1.09 bits per heavy atom. The van der Waals surface area contributed by atoms with E-state index in [0.29, 0.717) is 5.69 Å². The highest BCUT2D eigenvalue weighted by Crippen LogP contribution is 2.49. The summed E-state index contributed by atoms with van der Waals surface area (Å²) in [5, 5.41) is 6.83. The Hall–Kier alpha value is -6.93. The molecule has 3 aromatic heterocycles. The van der Waals surface area contributed by atoms with Gasteiger partial charge in [-0.25, -0.2) is 4.85 Å². The third-order valence-corrected chi connectivity index (χ3v) is 11.9. The van der Waals surface area contributed by atoms with Crippen molar-refractivity contribution in [2.75, 3.05) is 0 Å². The summed E-state index contributed by atoms with van der Waals surface area (Å²) in [5.41, 5.74) is 12.7. The van der Waals surface area contributed by atoms with Crippen LogP contribution in [-0.2, 0) is 0 Å². The topological polar surface area (TPSA) is 22.4 Å². The molecule has 3 nitrogen and oxygen atoms in total. The zero-order valence-electron chi connectivity index (χ0n) is 28.4. The van der Waals surface area contributed by atoms with Crippen molar-refractivity contribution >= 4 is 80.9 Å². The molecule has 0 bridgehead atoms. The molecule has 0 atom stereocenters. The predicted molar refractivity (Wildman–Crippen MR) is 224 cm³/mol. The number of para-hydroxylation sites is 2. The molecule has 3 heterocycles. The normalized spacial score (nSPS) is 11.8. The molecule has 8 aromatic carbocycles. The fraction of sp³-hybridized carbons (Fsp3) is 0. The van der Waals surface area contributed by atoms with Crippen LogP contribution in [0, 0.1) is 6.57 Å². The lowest BCUT2D eigenvalue weighted by atomic mass is 9.97. The monoisotopic (exact) mass is 692 g/mol. The highest BCUT2D eigenvalue weighted by molar-refractivity contribution is 7.27. The van der Waals surface area contributed by atoms with Gasteiger partial charge in [0.05, 0.1) is 28.0 Å². The van der Waals surface area contributed by atoms with E-state index in [9.17, 15) is 0 Å². The molecule has 0 aliphatic heterocycles. The van der Waals surface area contributed by atoms with Gasteiger partial charge in [0.25, 0.3) is 0 Å². The van der Waals surface area contributed by atoms with Gasteiger partial charge in [0, 0.05) is 37.2 Å². The summed E-state index contributed by atoms with van der Waals surface area (Å²) in [6.45, 7) is 8.18. The summed E-state index contributed by atoms with van der Waals surface area (Å²) < 4.78 is 11.1. The van der Waals surface area contributed by atoms with Gasteiger partial charge in [0.2, 0.25) is 5.69 Å². The molecule has 0 saturated carbocycles. The van der Waals surface area contributed by atoms with Crippen LogP contribution in [-0.4, -0.2) is 4.57 Å². The number of hydrogen-bond donors (Lipinski definition) is 0. The standard InChI is InChI=1S/C49H28N2OS/c1-50-41-25-24-35(37-18-10-17-36-34-16-8-9-21-45(34)52-47(36)37)46-38-19-11-20-44(48(38)53-49(41)46)51-42-26-22-32(30-12-4-2-5-13-30)28-39(42)40-29-33(23-27-43(40)51)31-14-6-3-7-15-31/h2-29H. The SMILES string of the molecule is [C-]#[N+]c1ccc(-c2cccc3c2oc2ccccc23)c2c1sc1c(-n3c4ccc(-c5ccccc5)cc4c4cc(-c5ccccc5)ccc43)cccc12. The first-order valence-corrected chi connectivity index (χ1v) is 18.5. The molecular formula is C49H28N2OS. The van der Waals surface area contributed by atoms with Crippen LogP contribution in [0.15, 0.2) is 174 Å². The van der Waals surface area contributed by atoms with Gasteiger partial charge in [0.15, 0.2) is 0 Å². The number of benzene rings is 8. The van der Waals surface area contributed by atoms with Gasteiger partial charge in [-0.1, -0.05) is 133 Å². The maximum Gasteiger partial charge on any atom is 0.204 e. The molecule has 0 fully saturated rings. The lowest BCUT2D eigenvalue weighted by Gasteiger charge is -2.11. The highest BCUT2D eigenvalue weighted by atomic mass is 32.1. The van der Waals surface area contributed by atoms with Crippen LogP contribution < -0.4 is 0 Å². The van der Waals surface area contributed by atoms with Gasteiger partial charge in [-0.05, 0) is 69.6 Å². The smallest absolute Gasteiger partial charge is 0.204 e. The number of furan rings is 1. The number of thiophene rings is 1. The summed E-state index contributed by atoms with van der Waals surface area (Å²) in [4.78, 5) is 4.03. The van der Waals surface area contributed by atoms with Crippen molar-refractivity contribution in [3.8, 4) is 39.1 Å². The summed E-state index contributed by atoms with van der Waals surface area (Å²) in [5.74, 6) is 0. The second-order valence-electron chi connectivity index (χ2n) is 13.5. The van der Waals surface area contributed by atoms with Crippen LogP contribution in [0.4, 0.5) is 5.69 Å². The molecule has 0 radical (unpaired) electrons. The quantitative estimate of drug-likeness (QED) is 0.168. The van der Waals surface area contributed by atoms with Gasteiger partial charge in [0.1, 0.15) is 11.2 Å². The molecule has 0 spiro atoms. The number of rotatable bonds is 4. The first kappa shape index (κ1) is 29.8. The van der Waals surface area contributed by atoms with E-state index in [4.69, 9.17) is 11.0 Å². The summed E-state index contributed by atoms with van der Waals surface area (Å²) in [6.07, 6.45) is 0. The molecule has 0 aliphatic rings. The second kappa shape index (κ2) is 11.5. The van der Waals surface area contributed by atoms with Crippen molar-refractivity contribution in [2.45, 2.75) is 0 Å². The molecule has 0 aliphatic carbocycles. The minimum atomic E-state index is 0.662. The Labute approximate surface area is 309 Å². The first-order chi connectivity index (χ1) is 26.2. The number of aromatic nitrogens is 1. The molecule has 11 rings (SSSR count). The molecule has 11 aromatic rings. The minimum Gasteiger partial charge on any atom is -0.455 e. The number of hydrogen-bond acceptors (Lipinski definition) is 2. The Kier molecular flexibility index (Phi) is 6.48. The van der Waals surface area contributed by atoms with E-state index in [1.807, 2.05) is 18.2 Å². The molecular weight excluding hydrogens is 665 g/mol. The molecule has 0 saturated heterocycles. The zero-order valence-corrected chi connectivity index (χ0v) is 29.2. The third kappa shape index (κ3) is 4.45. The van der Waals surface area contributed by atoms with Crippen molar-refractivity contribution in [1.82, 2.24) is 4.57 Å².